The van der Waals surface area contributed by atoms with Crippen molar-refractivity contribution in [3.63, 3.8) is 0 Å². The monoisotopic (exact) mass is 90.1 g/mol. The van der Waals surface area contributed by atoms with Crippen molar-refractivity contribution in [1.29, 1.82) is 0 Å². The van der Waals surface area contributed by atoms with Gasteiger partial charge in [-0.25, -0.2) is 0 Å². The van der Waals surface area contributed by atoms with Crippen LogP contribution in [0.15, 0.2) is 0 Å². The molecule has 0 aliphatic heterocycles. The lowest BCUT2D eigenvalue weighted by atomic mass is 11.8. The predicted octanol–water partition coefficient (Wildman–Crippen LogP) is 2.20. The Morgan fingerprint density at radius 2 is 1.00 bits per heavy atom. The van der Waals surface area contributed by atoms with Crippen molar-refractivity contribution in [3.8, 4) is 0 Å². The average molecular weight is 90.2 g/mol. The van der Waals surface area contributed by atoms with E-state index < -0.39 is 8.07 Å². The van der Waals surface area contributed by atoms with Crippen LogP contribution in [-0.4, -0.2) is 8.07 Å². The molecule has 0 amide bonds. The van der Waals surface area contributed by atoms with Gasteiger partial charge in [0.25, 0.3) is 0 Å². The molecule has 0 spiro atoms. The van der Waals surface area contributed by atoms with Crippen molar-refractivity contribution < 1.29 is 1.43 Å². The standard InChI is InChI=1S/C4H12Si.H2/c1-5(2,3)4;/h1-4H3;1H. The fourth-order valence-corrected chi connectivity index (χ4v) is 0. The van der Waals surface area contributed by atoms with Crippen molar-refractivity contribution >= 4 is 8.07 Å². The van der Waals surface area contributed by atoms with Gasteiger partial charge in [-0.2, -0.15) is 0 Å². The van der Waals surface area contributed by atoms with E-state index in [2.05, 4.69) is 26.2 Å². The molecule has 0 fully saturated rings. The maximum absolute atomic E-state index is 2.33. The van der Waals surface area contributed by atoms with Gasteiger partial charge in [-0.05, 0) is 0 Å². The number of hydrogen-bond acceptors (Lipinski definition) is 0. The Bertz CT molecular complexity index is 23.0. The third kappa shape index (κ3) is 441. The summed E-state index contributed by atoms with van der Waals surface area (Å²) >= 11 is 0. The van der Waals surface area contributed by atoms with Crippen LogP contribution in [0.25, 0.3) is 0 Å². The lowest BCUT2D eigenvalue weighted by Crippen LogP contribution is -2.10. The highest BCUT2D eigenvalue weighted by Gasteiger charge is 1.99. The van der Waals surface area contributed by atoms with E-state index in [0.29, 0.717) is 0 Å². The molecule has 1 heteroatoms. The summed E-state index contributed by atoms with van der Waals surface area (Å²) in [4.78, 5) is 0. The van der Waals surface area contributed by atoms with E-state index in [0.717, 1.165) is 0 Å². The molecule has 0 atom stereocenters. The summed E-state index contributed by atoms with van der Waals surface area (Å²) < 4.78 is 0. The van der Waals surface area contributed by atoms with Crippen molar-refractivity contribution in [2.24, 2.45) is 0 Å². The predicted molar refractivity (Wildman–Crippen MR) is 31.3 cm³/mol. The molecule has 0 saturated heterocycles. The first-order valence-corrected chi connectivity index (χ1v) is 6.00. The van der Waals surface area contributed by atoms with Gasteiger partial charge in [-0.1, -0.05) is 26.2 Å². The van der Waals surface area contributed by atoms with Crippen LogP contribution < -0.4 is 0 Å². The van der Waals surface area contributed by atoms with Gasteiger partial charge in [0.1, 0.15) is 0 Å². The maximum atomic E-state index is 2.33. The van der Waals surface area contributed by atoms with Gasteiger partial charge in [0.05, 0.1) is 0 Å². The summed E-state index contributed by atoms with van der Waals surface area (Å²) in [5, 5.41) is 0. The normalized spacial score (nSPS) is 12.0. The quantitative estimate of drug-likeness (QED) is 0.400. The zero-order valence-corrected chi connectivity index (χ0v) is 5.50. The van der Waals surface area contributed by atoms with Gasteiger partial charge in [0, 0.05) is 9.50 Å². The van der Waals surface area contributed by atoms with Gasteiger partial charge >= 0.3 is 0 Å². The summed E-state index contributed by atoms with van der Waals surface area (Å²) in [7, 11) is -0.611. The Labute approximate surface area is 36.7 Å². The molecule has 5 heavy (non-hydrogen) atoms. The van der Waals surface area contributed by atoms with Crippen molar-refractivity contribution in [1.82, 2.24) is 0 Å². The van der Waals surface area contributed by atoms with Gasteiger partial charge < -0.3 is 0 Å². The Morgan fingerprint density at radius 1 is 1.00 bits per heavy atom. The first-order valence-electron chi connectivity index (χ1n) is 2.00. The highest BCUT2D eigenvalue weighted by Crippen LogP contribution is 1.94. The zero-order chi connectivity index (χ0) is 4.50. The van der Waals surface area contributed by atoms with Crippen molar-refractivity contribution in [2.75, 3.05) is 0 Å². The molecule has 0 aromatic rings. The van der Waals surface area contributed by atoms with E-state index >= 15 is 0 Å². The topological polar surface area (TPSA) is 0 Å². The lowest BCUT2D eigenvalue weighted by Gasteiger charge is -2.01. The minimum Gasteiger partial charge on any atom is -0.0697 e. The second-order valence-electron chi connectivity index (χ2n) is 3.00. The summed E-state index contributed by atoms with van der Waals surface area (Å²) in [5.74, 6) is 0. The molecule has 0 aromatic carbocycles. The molecule has 0 bridgehead atoms. The lowest BCUT2D eigenvalue weighted by molar-refractivity contribution is 1.71. The first kappa shape index (κ1) is 5.22. The molecule has 0 aromatic heterocycles. The second-order valence-corrected chi connectivity index (χ2v) is 9.00. The molecule has 0 unspecified atom stereocenters. The summed E-state index contributed by atoms with van der Waals surface area (Å²) in [5.41, 5.74) is 0. The SMILES string of the molecule is C[Si](C)(C)C.[HH]. The van der Waals surface area contributed by atoms with Crippen molar-refractivity contribution in [2.45, 2.75) is 26.2 Å². The fourth-order valence-electron chi connectivity index (χ4n) is 0. The Kier molecular flexibility index (Phi) is 1.18. The molecule has 0 rings (SSSR count). The second kappa shape index (κ2) is 1.13. The van der Waals surface area contributed by atoms with Crippen LogP contribution in [0.1, 0.15) is 1.43 Å². The smallest absolute Gasteiger partial charge is 0.0411 e. The van der Waals surface area contributed by atoms with Gasteiger partial charge in [-0.15, -0.1) is 0 Å². The van der Waals surface area contributed by atoms with Crippen molar-refractivity contribution in [3.05, 3.63) is 0 Å². The minimum absolute atomic E-state index is 0. The Hall–Kier alpha value is 0.217. The summed E-state index contributed by atoms with van der Waals surface area (Å²) in [6.45, 7) is 9.31. The summed E-state index contributed by atoms with van der Waals surface area (Å²) in [6, 6.07) is 0. The largest absolute Gasteiger partial charge is 0.0697 e. The molecule has 0 heterocycles. The Morgan fingerprint density at radius 3 is 1.00 bits per heavy atom. The third-order valence-electron chi connectivity index (χ3n) is 0. The molecule has 0 aliphatic carbocycles. The van der Waals surface area contributed by atoms with E-state index in [1.807, 2.05) is 0 Å². The fraction of sp³-hybridized carbons (Fsp3) is 1.00. The van der Waals surface area contributed by atoms with Gasteiger partial charge in [-0.3, -0.25) is 0 Å². The molecular formula is C4H14Si. The van der Waals surface area contributed by atoms with E-state index in [-0.39, 0.29) is 1.43 Å². The Balaban J connectivity index is 0. The van der Waals surface area contributed by atoms with E-state index in [9.17, 15) is 0 Å². The highest BCUT2D eigenvalue weighted by atomic mass is 28.3. The van der Waals surface area contributed by atoms with E-state index in [1.54, 1.807) is 0 Å². The molecule has 0 nitrogen and oxygen atoms in total. The first-order chi connectivity index (χ1) is 2.00. The van der Waals surface area contributed by atoms with E-state index in [4.69, 9.17) is 0 Å². The van der Waals surface area contributed by atoms with Crippen LogP contribution in [0.4, 0.5) is 0 Å². The third-order valence-corrected chi connectivity index (χ3v) is 0. The highest BCUT2D eigenvalue weighted by molar-refractivity contribution is 6.74. The summed E-state index contributed by atoms with van der Waals surface area (Å²) in [6.07, 6.45) is 0. The van der Waals surface area contributed by atoms with Gasteiger partial charge in [0.2, 0.25) is 0 Å². The van der Waals surface area contributed by atoms with Crippen LogP contribution in [0, 0.1) is 0 Å². The molecule has 0 saturated carbocycles. The molecule has 0 radical (unpaired) electrons. The minimum atomic E-state index is -0.611. The van der Waals surface area contributed by atoms with Gasteiger partial charge in [0.15, 0.2) is 0 Å². The number of hydrogen-bond donors (Lipinski definition) is 0. The molecule has 0 N–H and O–H groups in total. The molecule has 0 aliphatic rings. The van der Waals surface area contributed by atoms with Crippen LogP contribution in [0.2, 0.25) is 26.2 Å². The zero-order valence-electron chi connectivity index (χ0n) is 4.50. The van der Waals surface area contributed by atoms with Crippen LogP contribution in [0.5, 0.6) is 0 Å². The molecular weight excluding hydrogens is 76.1 g/mol. The van der Waals surface area contributed by atoms with E-state index in [1.165, 1.54) is 0 Å². The van der Waals surface area contributed by atoms with Crippen LogP contribution >= 0.6 is 0 Å². The number of rotatable bonds is 0. The molecule has 34 valence electrons. The van der Waals surface area contributed by atoms with Crippen LogP contribution in [0.3, 0.4) is 0 Å². The van der Waals surface area contributed by atoms with Crippen LogP contribution in [-0.2, 0) is 0 Å². The maximum Gasteiger partial charge on any atom is 0.0411 e. The average Bonchev–Trinajstić information content (AvgIpc) is 0.722.